The van der Waals surface area contributed by atoms with Gasteiger partial charge in [-0.3, -0.25) is 9.48 Å². The van der Waals surface area contributed by atoms with E-state index in [-0.39, 0.29) is 11.8 Å². The van der Waals surface area contributed by atoms with Crippen LogP contribution >= 0.6 is 0 Å². The van der Waals surface area contributed by atoms with Crippen molar-refractivity contribution in [3.05, 3.63) is 29.0 Å². The van der Waals surface area contributed by atoms with Crippen molar-refractivity contribution in [3.8, 4) is 0 Å². The third-order valence-corrected chi connectivity index (χ3v) is 3.70. The van der Waals surface area contributed by atoms with Crippen LogP contribution in [0.5, 0.6) is 0 Å². The molecule has 0 saturated carbocycles. The molecule has 23 heavy (non-hydrogen) atoms. The normalized spacial score (nSPS) is 13.8. The number of amides is 1. The lowest BCUT2D eigenvalue weighted by atomic mass is 10.1. The largest absolute Gasteiger partial charge is 0.368 e. The highest BCUT2D eigenvalue weighted by molar-refractivity contribution is 5.96. The number of carbonyl (C=O) groups excluding carboxylic acids is 1. The topological polar surface area (TPSA) is 97.6 Å². The number of rotatable bonds is 5. The molecule has 3 rings (SSSR count). The van der Waals surface area contributed by atoms with E-state index in [0.717, 1.165) is 23.5 Å². The molecule has 8 heteroatoms. The molecule has 1 aliphatic heterocycles. The number of aromatic nitrogens is 5. The molecule has 0 spiro atoms. The lowest BCUT2D eigenvalue weighted by Gasteiger charge is -2.20. The van der Waals surface area contributed by atoms with Crippen molar-refractivity contribution in [1.82, 2.24) is 30.3 Å². The second-order valence-electron chi connectivity index (χ2n) is 5.97. The number of fused-ring (bicyclic) bond motifs is 1. The molecule has 0 radical (unpaired) electrons. The number of nitrogens with one attached hydrogen (secondary N) is 2. The summed E-state index contributed by atoms with van der Waals surface area (Å²) in [6, 6.07) is 0. The van der Waals surface area contributed by atoms with Gasteiger partial charge in [-0.2, -0.15) is 0 Å². The molecule has 2 aromatic rings. The molecule has 2 aromatic heterocycles. The fourth-order valence-corrected chi connectivity index (χ4v) is 2.51. The van der Waals surface area contributed by atoms with E-state index in [1.165, 1.54) is 0 Å². The molecular formula is C15H21N7O. The molecule has 0 unspecified atom stereocenters. The zero-order valence-corrected chi connectivity index (χ0v) is 13.6. The summed E-state index contributed by atoms with van der Waals surface area (Å²) < 4.78 is 1.78. The van der Waals surface area contributed by atoms with Crippen molar-refractivity contribution in [2.45, 2.75) is 39.7 Å². The Kier molecular flexibility index (Phi) is 4.22. The average molecular weight is 315 g/mol. The van der Waals surface area contributed by atoms with Crippen molar-refractivity contribution < 1.29 is 4.79 Å². The summed E-state index contributed by atoms with van der Waals surface area (Å²) in [7, 11) is 0. The molecule has 1 aliphatic rings. The van der Waals surface area contributed by atoms with Crippen molar-refractivity contribution in [3.63, 3.8) is 0 Å². The number of nitrogens with zero attached hydrogens (tertiary/aromatic N) is 5. The number of carbonyl (C=O) groups is 1. The van der Waals surface area contributed by atoms with Gasteiger partial charge in [0.25, 0.3) is 5.91 Å². The number of anilines is 1. The summed E-state index contributed by atoms with van der Waals surface area (Å²) in [5, 5.41) is 14.2. The summed E-state index contributed by atoms with van der Waals surface area (Å²) in [4.78, 5) is 21.1. The molecule has 0 aromatic carbocycles. The van der Waals surface area contributed by atoms with E-state index >= 15 is 0 Å². The summed E-state index contributed by atoms with van der Waals surface area (Å²) in [5.41, 5.74) is 2.28. The zero-order valence-electron chi connectivity index (χ0n) is 13.6. The Morgan fingerprint density at radius 3 is 2.91 bits per heavy atom. The van der Waals surface area contributed by atoms with Gasteiger partial charge < -0.3 is 10.6 Å². The van der Waals surface area contributed by atoms with Crippen LogP contribution in [-0.4, -0.2) is 44.0 Å². The van der Waals surface area contributed by atoms with Crippen LogP contribution in [-0.2, 0) is 13.0 Å². The number of hydrogen-bond donors (Lipinski definition) is 2. The Hall–Kier alpha value is -2.51. The van der Waals surface area contributed by atoms with Crippen LogP contribution in [0.25, 0.3) is 0 Å². The van der Waals surface area contributed by atoms with Crippen LogP contribution in [0.3, 0.4) is 0 Å². The fraction of sp³-hybridized carbons (Fsp3) is 0.533. The molecule has 0 atom stereocenters. The SMILES string of the molecule is Cc1cn(CCNc2nc(C(C)C)nc3c2CCNC3=O)nn1. The van der Waals surface area contributed by atoms with Gasteiger partial charge in [0.05, 0.1) is 12.2 Å². The van der Waals surface area contributed by atoms with E-state index in [0.29, 0.717) is 31.2 Å². The minimum absolute atomic E-state index is 0.120. The van der Waals surface area contributed by atoms with E-state index in [9.17, 15) is 4.79 Å². The van der Waals surface area contributed by atoms with Crippen molar-refractivity contribution in [2.24, 2.45) is 0 Å². The van der Waals surface area contributed by atoms with Gasteiger partial charge in [0, 0.05) is 30.8 Å². The van der Waals surface area contributed by atoms with Crippen LogP contribution in [0.4, 0.5) is 5.82 Å². The maximum Gasteiger partial charge on any atom is 0.270 e. The summed E-state index contributed by atoms with van der Waals surface area (Å²) in [6.07, 6.45) is 2.63. The molecule has 0 aliphatic carbocycles. The van der Waals surface area contributed by atoms with Gasteiger partial charge in [-0.25, -0.2) is 9.97 Å². The molecule has 1 amide bonds. The monoisotopic (exact) mass is 315 g/mol. The Morgan fingerprint density at radius 1 is 1.39 bits per heavy atom. The van der Waals surface area contributed by atoms with Gasteiger partial charge in [-0.05, 0) is 13.3 Å². The summed E-state index contributed by atoms with van der Waals surface area (Å²) in [5.74, 6) is 1.48. The highest BCUT2D eigenvalue weighted by Crippen LogP contribution is 2.22. The van der Waals surface area contributed by atoms with E-state index in [4.69, 9.17) is 0 Å². The fourth-order valence-electron chi connectivity index (χ4n) is 2.51. The van der Waals surface area contributed by atoms with Crippen molar-refractivity contribution >= 4 is 11.7 Å². The van der Waals surface area contributed by atoms with E-state index < -0.39 is 0 Å². The van der Waals surface area contributed by atoms with E-state index in [1.54, 1.807) is 4.68 Å². The van der Waals surface area contributed by atoms with Gasteiger partial charge in [0.1, 0.15) is 17.3 Å². The third-order valence-electron chi connectivity index (χ3n) is 3.70. The Bertz CT molecular complexity index is 723. The second kappa shape index (κ2) is 6.31. The first-order chi connectivity index (χ1) is 11.0. The van der Waals surface area contributed by atoms with Gasteiger partial charge >= 0.3 is 0 Å². The molecule has 122 valence electrons. The van der Waals surface area contributed by atoms with Crippen LogP contribution < -0.4 is 10.6 Å². The van der Waals surface area contributed by atoms with Crippen LogP contribution in [0, 0.1) is 6.92 Å². The highest BCUT2D eigenvalue weighted by atomic mass is 16.1. The summed E-state index contributed by atoms with van der Waals surface area (Å²) >= 11 is 0. The molecule has 8 nitrogen and oxygen atoms in total. The first-order valence-electron chi connectivity index (χ1n) is 7.84. The highest BCUT2D eigenvalue weighted by Gasteiger charge is 2.24. The Balaban J connectivity index is 1.80. The quantitative estimate of drug-likeness (QED) is 0.850. The standard InChI is InChI=1S/C15H21N7O/c1-9(2)13-18-12-11(4-5-17-15(12)23)14(19-13)16-6-7-22-8-10(3)20-21-22/h8-9H,4-7H2,1-3H3,(H,17,23)(H,16,18,19). The van der Waals surface area contributed by atoms with Crippen LogP contribution in [0.15, 0.2) is 6.20 Å². The molecule has 0 saturated heterocycles. The molecule has 3 heterocycles. The average Bonchev–Trinajstić information content (AvgIpc) is 2.93. The second-order valence-corrected chi connectivity index (χ2v) is 5.97. The minimum atomic E-state index is -0.120. The Morgan fingerprint density at radius 2 is 2.22 bits per heavy atom. The van der Waals surface area contributed by atoms with Gasteiger partial charge in [-0.1, -0.05) is 19.1 Å². The van der Waals surface area contributed by atoms with Gasteiger partial charge in [0.15, 0.2) is 0 Å². The first-order valence-corrected chi connectivity index (χ1v) is 7.84. The minimum Gasteiger partial charge on any atom is -0.368 e. The Labute approximate surface area is 134 Å². The molecule has 0 bridgehead atoms. The molecular weight excluding hydrogens is 294 g/mol. The van der Waals surface area contributed by atoms with Gasteiger partial charge in [-0.15, -0.1) is 5.10 Å². The lowest BCUT2D eigenvalue weighted by Crippen LogP contribution is -2.34. The van der Waals surface area contributed by atoms with Gasteiger partial charge in [0.2, 0.25) is 0 Å². The predicted octanol–water partition coefficient (Wildman–Crippen LogP) is 0.898. The van der Waals surface area contributed by atoms with Crippen molar-refractivity contribution in [2.75, 3.05) is 18.4 Å². The maximum atomic E-state index is 12.1. The van der Waals surface area contributed by atoms with Crippen molar-refractivity contribution in [1.29, 1.82) is 0 Å². The molecule has 0 fully saturated rings. The smallest absolute Gasteiger partial charge is 0.270 e. The van der Waals surface area contributed by atoms with Crippen LogP contribution in [0.2, 0.25) is 0 Å². The summed E-state index contributed by atoms with van der Waals surface area (Å²) in [6.45, 7) is 7.90. The van der Waals surface area contributed by atoms with E-state index in [1.807, 2.05) is 27.0 Å². The number of hydrogen-bond acceptors (Lipinski definition) is 6. The number of aryl methyl sites for hydroxylation is 1. The zero-order chi connectivity index (χ0) is 16.4. The van der Waals surface area contributed by atoms with Crippen LogP contribution in [0.1, 0.15) is 47.3 Å². The predicted molar refractivity (Wildman–Crippen MR) is 85.4 cm³/mol. The third kappa shape index (κ3) is 3.30. The van der Waals surface area contributed by atoms with E-state index in [2.05, 4.69) is 30.9 Å². The molecule has 2 N–H and O–H groups in total. The lowest BCUT2D eigenvalue weighted by molar-refractivity contribution is 0.0940. The maximum absolute atomic E-state index is 12.1. The first kappa shape index (κ1) is 15.4.